The Kier molecular flexibility index (Phi) is 9.02. The van der Waals surface area contributed by atoms with Crippen molar-refractivity contribution in [2.45, 2.75) is 134 Å². The van der Waals surface area contributed by atoms with Crippen LogP contribution in [0.4, 0.5) is 0 Å². The number of fused-ring (bicyclic) bond motifs is 1. The Morgan fingerprint density at radius 2 is 1.00 bits per heavy atom. The molecule has 2 aliphatic rings. The maximum Gasteiger partial charge on any atom is 0.170 e. The van der Waals surface area contributed by atoms with Crippen LogP contribution in [0, 0.1) is 0 Å². The van der Waals surface area contributed by atoms with Crippen LogP contribution >= 0.6 is 11.3 Å². The summed E-state index contributed by atoms with van der Waals surface area (Å²) in [6, 6.07) is 4.67. The zero-order chi connectivity index (χ0) is 20.4. The Hall–Kier alpha value is -0.960. The Bertz CT molecular complexity index is 730. The van der Waals surface area contributed by atoms with E-state index in [1.54, 1.807) is 0 Å². The van der Waals surface area contributed by atoms with Gasteiger partial charge in [-0.2, -0.15) is 0 Å². The second-order valence-electron chi connectivity index (χ2n) is 9.96. The highest BCUT2D eigenvalue weighted by atomic mass is 32.1. The first-order valence-corrected chi connectivity index (χ1v) is 14.0. The summed E-state index contributed by atoms with van der Waals surface area (Å²) >= 11 is 1.93. The normalized spacial score (nSPS) is 22.5. The molecule has 0 atom stereocenters. The van der Waals surface area contributed by atoms with Crippen LogP contribution < -0.4 is 0 Å². The van der Waals surface area contributed by atoms with Crippen molar-refractivity contribution in [3.05, 3.63) is 22.8 Å². The summed E-state index contributed by atoms with van der Waals surface area (Å²) < 4.78 is 1.31. The summed E-state index contributed by atoms with van der Waals surface area (Å²) in [5.74, 6) is 1.31. The molecule has 166 valence electrons. The van der Waals surface area contributed by atoms with Crippen LogP contribution in [0.25, 0.3) is 10.3 Å². The summed E-state index contributed by atoms with van der Waals surface area (Å²) in [5, 5.41) is 1.37. The second-order valence-corrected chi connectivity index (χ2v) is 11.0. The van der Waals surface area contributed by atoms with E-state index in [-0.39, 0.29) is 0 Å². The Labute approximate surface area is 188 Å². The number of rotatable bonds is 2. The molecule has 0 saturated heterocycles. The quantitative estimate of drug-likeness (QED) is 0.478. The number of hydrogen-bond donors (Lipinski definition) is 0. The standard InChI is InChI=1S/C27H42N2S/c1-2-5-9-13-17-22(16-12-8-4-1)24-20-21-25-26(28-24)29-27(30-25)23-18-14-10-6-3-7-11-15-19-23/h20-23H,1-19H2. The second kappa shape index (κ2) is 12.2. The SMILES string of the molecule is c1cc2sc(C3CCCCCCCCC3)nc2nc1C1CCCCCCCCCC1. The van der Waals surface area contributed by atoms with Gasteiger partial charge in [0.15, 0.2) is 5.65 Å². The van der Waals surface area contributed by atoms with Crippen LogP contribution in [0.1, 0.15) is 145 Å². The monoisotopic (exact) mass is 426 g/mol. The molecule has 4 rings (SSSR count). The van der Waals surface area contributed by atoms with Crippen molar-refractivity contribution in [2.24, 2.45) is 0 Å². The molecule has 0 unspecified atom stereocenters. The number of thiazole rings is 1. The van der Waals surface area contributed by atoms with Gasteiger partial charge in [0, 0.05) is 17.5 Å². The number of pyridine rings is 1. The first-order chi connectivity index (χ1) is 14.9. The molecule has 2 aliphatic carbocycles. The van der Waals surface area contributed by atoms with E-state index < -0.39 is 0 Å². The highest BCUT2D eigenvalue weighted by Gasteiger charge is 2.19. The maximum absolute atomic E-state index is 5.14. The Balaban J connectivity index is 1.47. The minimum absolute atomic E-state index is 0.645. The summed E-state index contributed by atoms with van der Waals surface area (Å²) in [5.41, 5.74) is 2.36. The van der Waals surface area contributed by atoms with Gasteiger partial charge in [-0.25, -0.2) is 9.97 Å². The van der Waals surface area contributed by atoms with Crippen molar-refractivity contribution in [3.63, 3.8) is 0 Å². The van der Waals surface area contributed by atoms with Gasteiger partial charge in [-0.1, -0.05) is 96.3 Å². The summed E-state index contributed by atoms with van der Waals surface area (Å²) in [7, 11) is 0. The van der Waals surface area contributed by atoms with Crippen molar-refractivity contribution < 1.29 is 0 Å². The lowest BCUT2D eigenvalue weighted by atomic mass is 9.92. The minimum atomic E-state index is 0.645. The first-order valence-electron chi connectivity index (χ1n) is 13.2. The van der Waals surface area contributed by atoms with E-state index in [0.29, 0.717) is 11.8 Å². The highest BCUT2D eigenvalue weighted by molar-refractivity contribution is 7.18. The molecule has 2 aromatic rings. The van der Waals surface area contributed by atoms with Crippen molar-refractivity contribution in [3.8, 4) is 0 Å². The topological polar surface area (TPSA) is 25.8 Å². The lowest BCUT2D eigenvalue weighted by Gasteiger charge is -2.16. The number of nitrogens with zero attached hydrogens (tertiary/aromatic N) is 2. The lowest BCUT2D eigenvalue weighted by molar-refractivity contribution is 0.462. The fraction of sp³-hybridized carbons (Fsp3) is 0.778. The maximum atomic E-state index is 5.14. The van der Waals surface area contributed by atoms with Gasteiger partial charge in [0.1, 0.15) is 0 Å². The summed E-state index contributed by atoms with van der Waals surface area (Å²) in [6.45, 7) is 0. The molecule has 30 heavy (non-hydrogen) atoms. The van der Waals surface area contributed by atoms with E-state index in [1.165, 1.54) is 137 Å². The van der Waals surface area contributed by atoms with Crippen LogP contribution in [0.15, 0.2) is 12.1 Å². The van der Waals surface area contributed by atoms with Gasteiger partial charge in [-0.15, -0.1) is 11.3 Å². The molecule has 2 heterocycles. The molecule has 0 spiro atoms. The zero-order valence-electron chi connectivity index (χ0n) is 19.0. The van der Waals surface area contributed by atoms with E-state index in [0.717, 1.165) is 5.65 Å². The molecular weight excluding hydrogens is 384 g/mol. The molecule has 2 saturated carbocycles. The van der Waals surface area contributed by atoms with E-state index in [1.807, 2.05) is 11.3 Å². The van der Waals surface area contributed by atoms with Crippen LogP contribution in [-0.2, 0) is 0 Å². The number of hydrogen-bond acceptors (Lipinski definition) is 3. The van der Waals surface area contributed by atoms with Crippen LogP contribution in [0.3, 0.4) is 0 Å². The molecular formula is C27H42N2S. The van der Waals surface area contributed by atoms with Gasteiger partial charge in [0.05, 0.1) is 9.71 Å². The molecule has 2 nitrogen and oxygen atoms in total. The Morgan fingerprint density at radius 1 is 0.533 bits per heavy atom. The van der Waals surface area contributed by atoms with E-state index in [4.69, 9.17) is 9.97 Å². The fourth-order valence-electron chi connectivity index (χ4n) is 5.59. The van der Waals surface area contributed by atoms with Crippen molar-refractivity contribution in [2.75, 3.05) is 0 Å². The molecule has 0 bridgehead atoms. The smallest absolute Gasteiger partial charge is 0.170 e. The molecule has 0 N–H and O–H groups in total. The van der Waals surface area contributed by atoms with Gasteiger partial charge in [-0.3, -0.25) is 0 Å². The lowest BCUT2D eigenvalue weighted by Crippen LogP contribution is -2.03. The van der Waals surface area contributed by atoms with E-state index >= 15 is 0 Å². The molecule has 0 amide bonds. The van der Waals surface area contributed by atoms with E-state index in [2.05, 4.69) is 12.1 Å². The van der Waals surface area contributed by atoms with Crippen LogP contribution in [0.5, 0.6) is 0 Å². The van der Waals surface area contributed by atoms with Crippen LogP contribution in [-0.4, -0.2) is 9.97 Å². The van der Waals surface area contributed by atoms with Crippen molar-refractivity contribution in [1.29, 1.82) is 0 Å². The fourth-order valence-corrected chi connectivity index (χ4v) is 6.67. The van der Waals surface area contributed by atoms with Gasteiger partial charge in [0.25, 0.3) is 0 Å². The highest BCUT2D eigenvalue weighted by Crippen LogP contribution is 2.36. The predicted octanol–water partition coefficient (Wildman–Crippen LogP) is 9.30. The average Bonchev–Trinajstić information content (AvgIpc) is 3.17. The molecule has 0 radical (unpaired) electrons. The van der Waals surface area contributed by atoms with Crippen LogP contribution in [0.2, 0.25) is 0 Å². The van der Waals surface area contributed by atoms with Gasteiger partial charge in [0.2, 0.25) is 0 Å². The third-order valence-electron chi connectivity index (χ3n) is 7.52. The number of aromatic nitrogens is 2. The largest absolute Gasteiger partial charge is 0.232 e. The third kappa shape index (κ3) is 6.52. The van der Waals surface area contributed by atoms with E-state index in [9.17, 15) is 0 Å². The molecule has 0 aliphatic heterocycles. The summed E-state index contributed by atoms with van der Waals surface area (Å²) in [4.78, 5) is 10.3. The van der Waals surface area contributed by atoms with Gasteiger partial charge < -0.3 is 0 Å². The average molecular weight is 427 g/mol. The van der Waals surface area contributed by atoms with Crippen molar-refractivity contribution >= 4 is 21.7 Å². The minimum Gasteiger partial charge on any atom is -0.232 e. The molecule has 2 fully saturated rings. The predicted molar refractivity (Wildman–Crippen MR) is 131 cm³/mol. The summed E-state index contributed by atoms with van der Waals surface area (Å²) in [6.07, 6.45) is 26.4. The molecule has 0 aromatic carbocycles. The first kappa shape index (κ1) is 22.2. The zero-order valence-corrected chi connectivity index (χ0v) is 19.9. The molecule has 3 heteroatoms. The van der Waals surface area contributed by atoms with Crippen molar-refractivity contribution in [1.82, 2.24) is 9.97 Å². The molecule has 2 aromatic heterocycles. The van der Waals surface area contributed by atoms with Gasteiger partial charge >= 0.3 is 0 Å². The third-order valence-corrected chi connectivity index (χ3v) is 8.69. The van der Waals surface area contributed by atoms with Gasteiger partial charge in [-0.05, 0) is 37.8 Å². The Morgan fingerprint density at radius 3 is 1.53 bits per heavy atom.